The van der Waals surface area contributed by atoms with Crippen LogP contribution in [0.2, 0.25) is 0 Å². The molecule has 3 aromatic rings. The van der Waals surface area contributed by atoms with Crippen LogP contribution in [0.4, 0.5) is 14.5 Å². The number of halogens is 2. The number of nitrogens with one attached hydrogen (secondary N) is 1. The normalized spacial score (nSPS) is 10.5. The summed E-state index contributed by atoms with van der Waals surface area (Å²) in [6.07, 6.45) is 1.15. The topological polar surface area (TPSA) is 81.4 Å². The number of hydrogen-bond acceptors (Lipinski definition) is 5. The monoisotopic (exact) mass is 372 g/mol. The number of anilines is 1. The van der Waals surface area contributed by atoms with Crippen LogP contribution in [0.5, 0.6) is 0 Å². The van der Waals surface area contributed by atoms with Gasteiger partial charge in [-0.2, -0.15) is 0 Å². The number of nitrogens with zero attached hydrogens (tertiary/aromatic N) is 1. The van der Waals surface area contributed by atoms with Gasteiger partial charge in [0.15, 0.2) is 17.4 Å². The molecule has 8 heteroatoms. The summed E-state index contributed by atoms with van der Waals surface area (Å²) in [4.78, 5) is 24.6. The average Bonchev–Trinajstić information content (AvgIpc) is 3.14. The summed E-state index contributed by atoms with van der Waals surface area (Å²) >= 11 is 0. The molecule has 0 saturated heterocycles. The van der Waals surface area contributed by atoms with Crippen molar-refractivity contribution in [1.29, 1.82) is 0 Å². The highest BCUT2D eigenvalue weighted by Gasteiger charge is 2.21. The molecule has 0 unspecified atom stereocenters. The van der Waals surface area contributed by atoms with Crippen LogP contribution in [0, 0.1) is 11.6 Å². The molecule has 0 radical (unpaired) electrons. The number of ether oxygens (including phenoxy) is 1. The van der Waals surface area contributed by atoms with Gasteiger partial charge in [-0.3, -0.25) is 4.79 Å². The molecule has 1 N–H and O–H groups in total. The number of aromatic nitrogens is 1. The maximum absolute atomic E-state index is 13.5. The van der Waals surface area contributed by atoms with Crippen LogP contribution < -0.4 is 5.32 Å². The standard InChI is InChI=1S/C19H14F2N2O4/c1-2-26-19(25)12-5-3-4-6-16(12)23-18(24)13-10-22-27-17(13)11-7-8-14(20)15(21)9-11/h3-10H,2H2,1H3,(H,23,24). The Kier molecular flexibility index (Phi) is 5.25. The number of carbonyl (C=O) groups is 2. The van der Waals surface area contributed by atoms with Crippen molar-refractivity contribution in [2.24, 2.45) is 0 Å². The highest BCUT2D eigenvalue weighted by atomic mass is 19.2. The summed E-state index contributed by atoms with van der Waals surface area (Å²) in [5, 5.41) is 6.14. The van der Waals surface area contributed by atoms with Crippen molar-refractivity contribution in [3.8, 4) is 11.3 Å². The smallest absolute Gasteiger partial charge is 0.340 e. The molecule has 0 bridgehead atoms. The van der Waals surface area contributed by atoms with Crippen LogP contribution in [0.25, 0.3) is 11.3 Å². The maximum Gasteiger partial charge on any atom is 0.340 e. The third kappa shape index (κ3) is 3.84. The van der Waals surface area contributed by atoms with Crippen molar-refractivity contribution >= 4 is 17.6 Å². The largest absolute Gasteiger partial charge is 0.462 e. The van der Waals surface area contributed by atoms with Crippen molar-refractivity contribution in [3.63, 3.8) is 0 Å². The SMILES string of the molecule is CCOC(=O)c1ccccc1NC(=O)c1cnoc1-c1ccc(F)c(F)c1. The lowest BCUT2D eigenvalue weighted by Gasteiger charge is -2.10. The van der Waals surface area contributed by atoms with Gasteiger partial charge in [0.05, 0.1) is 24.1 Å². The van der Waals surface area contributed by atoms with E-state index in [1.165, 1.54) is 18.2 Å². The molecule has 0 saturated carbocycles. The quantitative estimate of drug-likeness (QED) is 0.684. The van der Waals surface area contributed by atoms with Crippen LogP contribution in [-0.4, -0.2) is 23.6 Å². The minimum Gasteiger partial charge on any atom is -0.462 e. The molecule has 3 rings (SSSR count). The van der Waals surface area contributed by atoms with E-state index in [1.807, 2.05) is 0 Å². The lowest BCUT2D eigenvalue weighted by Crippen LogP contribution is -2.16. The molecule has 0 atom stereocenters. The molecule has 6 nitrogen and oxygen atoms in total. The number of para-hydroxylation sites is 1. The first-order valence-electron chi connectivity index (χ1n) is 7.99. The first-order chi connectivity index (χ1) is 13.0. The van der Waals surface area contributed by atoms with Crippen LogP contribution in [0.1, 0.15) is 27.6 Å². The first-order valence-corrected chi connectivity index (χ1v) is 7.99. The van der Waals surface area contributed by atoms with Gasteiger partial charge in [0, 0.05) is 5.56 Å². The molecule has 138 valence electrons. The lowest BCUT2D eigenvalue weighted by atomic mass is 10.1. The van der Waals surface area contributed by atoms with Gasteiger partial charge in [0.2, 0.25) is 0 Å². The molecular formula is C19H14F2N2O4. The highest BCUT2D eigenvalue weighted by molar-refractivity contribution is 6.10. The molecule has 2 aromatic carbocycles. The van der Waals surface area contributed by atoms with Crippen molar-refractivity contribution in [2.45, 2.75) is 6.92 Å². The molecule has 0 spiro atoms. The minimum atomic E-state index is -1.08. The highest BCUT2D eigenvalue weighted by Crippen LogP contribution is 2.26. The molecule has 0 aliphatic carbocycles. The second-order valence-corrected chi connectivity index (χ2v) is 5.42. The zero-order valence-corrected chi connectivity index (χ0v) is 14.2. The van der Waals surface area contributed by atoms with Crippen LogP contribution >= 0.6 is 0 Å². The van der Waals surface area contributed by atoms with E-state index in [4.69, 9.17) is 9.26 Å². The average molecular weight is 372 g/mol. The van der Waals surface area contributed by atoms with E-state index in [-0.39, 0.29) is 34.7 Å². The summed E-state index contributed by atoms with van der Waals surface area (Å²) in [5.74, 6) is -3.34. The molecule has 0 fully saturated rings. The van der Waals surface area contributed by atoms with Gasteiger partial charge in [-0.25, -0.2) is 13.6 Å². The van der Waals surface area contributed by atoms with E-state index in [1.54, 1.807) is 19.1 Å². The third-order valence-electron chi connectivity index (χ3n) is 3.67. The zero-order chi connectivity index (χ0) is 19.4. The Labute approximate surface area is 152 Å². The van der Waals surface area contributed by atoms with E-state index in [9.17, 15) is 18.4 Å². The molecule has 1 aromatic heterocycles. The second-order valence-electron chi connectivity index (χ2n) is 5.42. The Balaban J connectivity index is 1.90. The Bertz CT molecular complexity index is 1000. The minimum absolute atomic E-state index is 0.000305. The number of rotatable bonds is 5. The van der Waals surface area contributed by atoms with E-state index in [0.29, 0.717) is 0 Å². The van der Waals surface area contributed by atoms with Gasteiger partial charge in [0.25, 0.3) is 5.91 Å². The van der Waals surface area contributed by atoms with Gasteiger partial charge in [-0.05, 0) is 37.3 Å². The van der Waals surface area contributed by atoms with E-state index >= 15 is 0 Å². The summed E-state index contributed by atoms with van der Waals surface area (Å²) in [6, 6.07) is 9.41. The van der Waals surface area contributed by atoms with Crippen LogP contribution in [0.3, 0.4) is 0 Å². The number of esters is 1. The van der Waals surface area contributed by atoms with Gasteiger partial charge < -0.3 is 14.6 Å². The molecule has 0 aliphatic rings. The first kappa shape index (κ1) is 18.2. The van der Waals surface area contributed by atoms with Crippen LogP contribution in [-0.2, 0) is 4.74 Å². The Morgan fingerprint density at radius 3 is 2.63 bits per heavy atom. The Morgan fingerprint density at radius 1 is 1.11 bits per heavy atom. The van der Waals surface area contributed by atoms with E-state index in [0.717, 1.165) is 18.3 Å². The third-order valence-corrected chi connectivity index (χ3v) is 3.67. The van der Waals surface area contributed by atoms with Gasteiger partial charge in [-0.1, -0.05) is 17.3 Å². The number of benzene rings is 2. The maximum atomic E-state index is 13.5. The zero-order valence-electron chi connectivity index (χ0n) is 14.2. The Morgan fingerprint density at radius 2 is 1.89 bits per heavy atom. The summed E-state index contributed by atoms with van der Waals surface area (Å²) in [6.45, 7) is 1.86. The number of carbonyl (C=O) groups excluding carboxylic acids is 2. The Hall–Kier alpha value is -3.55. The predicted octanol–water partition coefficient (Wildman–Crippen LogP) is 4.05. The molecule has 1 heterocycles. The predicted molar refractivity (Wildman–Crippen MR) is 92.2 cm³/mol. The number of hydrogen-bond donors (Lipinski definition) is 1. The number of amides is 1. The van der Waals surface area contributed by atoms with Gasteiger partial charge in [-0.15, -0.1) is 0 Å². The van der Waals surface area contributed by atoms with Crippen LogP contribution in [0.15, 0.2) is 53.2 Å². The van der Waals surface area contributed by atoms with Gasteiger partial charge in [0.1, 0.15) is 5.56 Å². The second kappa shape index (κ2) is 7.77. The van der Waals surface area contributed by atoms with E-state index in [2.05, 4.69) is 10.5 Å². The molecule has 27 heavy (non-hydrogen) atoms. The molecule has 1 amide bonds. The summed E-state index contributed by atoms with van der Waals surface area (Å²) in [5.41, 5.74) is 0.562. The summed E-state index contributed by atoms with van der Waals surface area (Å²) < 4.78 is 36.6. The van der Waals surface area contributed by atoms with Crippen molar-refractivity contribution in [2.75, 3.05) is 11.9 Å². The fraction of sp³-hybridized carbons (Fsp3) is 0.105. The van der Waals surface area contributed by atoms with Crippen molar-refractivity contribution < 1.29 is 27.6 Å². The fourth-order valence-corrected chi connectivity index (χ4v) is 2.42. The van der Waals surface area contributed by atoms with Crippen molar-refractivity contribution in [3.05, 3.63) is 71.4 Å². The molecule has 0 aliphatic heterocycles. The van der Waals surface area contributed by atoms with E-state index < -0.39 is 23.5 Å². The summed E-state index contributed by atoms with van der Waals surface area (Å²) in [7, 11) is 0. The fourth-order valence-electron chi connectivity index (χ4n) is 2.42. The molecular weight excluding hydrogens is 358 g/mol. The lowest BCUT2D eigenvalue weighted by molar-refractivity contribution is 0.0527. The van der Waals surface area contributed by atoms with Crippen molar-refractivity contribution in [1.82, 2.24) is 5.16 Å². The van der Waals surface area contributed by atoms with Gasteiger partial charge >= 0.3 is 5.97 Å².